The van der Waals surface area contributed by atoms with Gasteiger partial charge < -0.3 is 14.5 Å². The van der Waals surface area contributed by atoms with Crippen molar-refractivity contribution < 1.29 is 14.5 Å². The van der Waals surface area contributed by atoms with Crippen LogP contribution in [-0.4, -0.2) is 47.7 Å². The van der Waals surface area contributed by atoms with E-state index in [-0.39, 0.29) is 17.8 Å². The molecular formula is C16H23N3O4. The fourth-order valence-electron chi connectivity index (χ4n) is 2.56. The first-order chi connectivity index (χ1) is 10.7. The van der Waals surface area contributed by atoms with Crippen molar-refractivity contribution in [2.75, 3.05) is 25.0 Å². The van der Waals surface area contributed by atoms with Crippen molar-refractivity contribution in [3.63, 3.8) is 0 Å². The molecule has 1 fully saturated rings. The number of nitro groups is 1. The molecule has 1 unspecified atom stereocenters. The van der Waals surface area contributed by atoms with Gasteiger partial charge in [-0.15, -0.1) is 0 Å². The van der Waals surface area contributed by atoms with Gasteiger partial charge in [0.2, 0.25) is 0 Å². The van der Waals surface area contributed by atoms with Gasteiger partial charge in [-0.25, -0.2) is 4.79 Å². The Labute approximate surface area is 136 Å². The molecule has 7 heteroatoms. The van der Waals surface area contributed by atoms with Gasteiger partial charge in [-0.05, 0) is 39.3 Å². The van der Waals surface area contributed by atoms with Gasteiger partial charge in [-0.3, -0.25) is 10.1 Å². The van der Waals surface area contributed by atoms with Gasteiger partial charge in [0.05, 0.1) is 11.0 Å². The summed E-state index contributed by atoms with van der Waals surface area (Å²) in [6, 6.07) is 6.56. The second kappa shape index (κ2) is 6.44. The lowest BCUT2D eigenvalue weighted by Gasteiger charge is -2.28. The van der Waals surface area contributed by atoms with E-state index >= 15 is 0 Å². The molecule has 0 aliphatic carbocycles. The van der Waals surface area contributed by atoms with Crippen molar-refractivity contribution in [2.24, 2.45) is 0 Å². The number of nitro benzene ring substituents is 1. The molecule has 126 valence electrons. The largest absolute Gasteiger partial charge is 0.444 e. The van der Waals surface area contributed by atoms with Gasteiger partial charge in [-0.2, -0.15) is 0 Å². The van der Waals surface area contributed by atoms with Gasteiger partial charge in [0.25, 0.3) is 5.69 Å². The number of amides is 1. The molecule has 0 aromatic heterocycles. The molecule has 1 aliphatic rings. The number of hydrogen-bond donors (Lipinski definition) is 0. The number of carbonyl (C=O) groups excluding carboxylic acids is 1. The van der Waals surface area contributed by atoms with Crippen molar-refractivity contribution in [2.45, 2.75) is 38.8 Å². The molecule has 0 spiro atoms. The molecular weight excluding hydrogens is 298 g/mol. The summed E-state index contributed by atoms with van der Waals surface area (Å²) in [6.07, 6.45) is 0.514. The summed E-state index contributed by atoms with van der Waals surface area (Å²) in [5, 5.41) is 10.7. The van der Waals surface area contributed by atoms with Crippen molar-refractivity contribution >= 4 is 17.5 Å². The Hall–Kier alpha value is -2.31. The van der Waals surface area contributed by atoms with E-state index in [9.17, 15) is 14.9 Å². The predicted octanol–water partition coefficient (Wildman–Crippen LogP) is 3.04. The van der Waals surface area contributed by atoms with E-state index in [1.165, 1.54) is 12.1 Å². The zero-order valence-corrected chi connectivity index (χ0v) is 14.0. The lowest BCUT2D eigenvalue weighted by Crippen LogP contribution is -2.42. The Balaban J connectivity index is 1.97. The molecule has 23 heavy (non-hydrogen) atoms. The molecule has 0 N–H and O–H groups in total. The molecule has 1 aromatic rings. The summed E-state index contributed by atoms with van der Waals surface area (Å²) < 4.78 is 5.39. The molecule has 1 atom stereocenters. The average Bonchev–Trinajstić information content (AvgIpc) is 2.94. The van der Waals surface area contributed by atoms with Crippen LogP contribution in [0.3, 0.4) is 0 Å². The molecule has 1 aliphatic heterocycles. The number of hydrogen-bond acceptors (Lipinski definition) is 5. The van der Waals surface area contributed by atoms with Gasteiger partial charge in [0.15, 0.2) is 0 Å². The number of ether oxygens (including phenoxy) is 1. The SMILES string of the molecule is CN(C(=O)OC(C)(C)C)C1CCN(c2ccc([N+](=O)[O-])cc2)C1. The molecule has 0 saturated carbocycles. The van der Waals surface area contributed by atoms with E-state index in [2.05, 4.69) is 4.90 Å². The second-order valence-corrected chi connectivity index (χ2v) is 6.75. The van der Waals surface area contributed by atoms with Crippen LogP contribution in [-0.2, 0) is 4.74 Å². The zero-order chi connectivity index (χ0) is 17.2. The molecule has 1 aromatic carbocycles. The summed E-state index contributed by atoms with van der Waals surface area (Å²) in [5.74, 6) is 0. The van der Waals surface area contributed by atoms with Crippen LogP contribution in [0.4, 0.5) is 16.2 Å². The summed E-state index contributed by atoms with van der Waals surface area (Å²) in [4.78, 5) is 26.2. The Kier molecular flexibility index (Phi) is 4.77. The number of carbonyl (C=O) groups is 1. The fourth-order valence-corrected chi connectivity index (χ4v) is 2.56. The van der Waals surface area contributed by atoms with Crippen LogP contribution in [0.5, 0.6) is 0 Å². The van der Waals surface area contributed by atoms with E-state index in [0.29, 0.717) is 6.54 Å². The first-order valence-electron chi connectivity index (χ1n) is 7.62. The van der Waals surface area contributed by atoms with Crippen LogP contribution in [0.15, 0.2) is 24.3 Å². The monoisotopic (exact) mass is 321 g/mol. The maximum absolute atomic E-state index is 12.1. The number of nitrogens with zero attached hydrogens (tertiary/aromatic N) is 3. The highest BCUT2D eigenvalue weighted by atomic mass is 16.6. The van der Waals surface area contributed by atoms with Crippen LogP contribution in [0.1, 0.15) is 27.2 Å². The Bertz CT molecular complexity index is 580. The van der Waals surface area contributed by atoms with Crippen molar-refractivity contribution in [1.29, 1.82) is 0 Å². The Morgan fingerprint density at radius 3 is 2.48 bits per heavy atom. The number of anilines is 1. The van der Waals surface area contributed by atoms with Crippen molar-refractivity contribution in [3.05, 3.63) is 34.4 Å². The maximum Gasteiger partial charge on any atom is 0.410 e. The third kappa shape index (κ3) is 4.34. The van der Waals surface area contributed by atoms with Crippen LogP contribution in [0.25, 0.3) is 0 Å². The number of likely N-dealkylation sites (N-methyl/N-ethyl adjacent to an activating group) is 1. The zero-order valence-electron chi connectivity index (χ0n) is 14.0. The molecule has 2 rings (SSSR count). The third-order valence-electron chi connectivity index (χ3n) is 3.82. The normalized spacial score (nSPS) is 17.9. The molecule has 0 bridgehead atoms. The maximum atomic E-state index is 12.1. The predicted molar refractivity (Wildman–Crippen MR) is 87.7 cm³/mol. The van der Waals surface area contributed by atoms with E-state index in [1.807, 2.05) is 20.8 Å². The third-order valence-corrected chi connectivity index (χ3v) is 3.82. The first-order valence-corrected chi connectivity index (χ1v) is 7.62. The smallest absolute Gasteiger partial charge is 0.410 e. The summed E-state index contributed by atoms with van der Waals surface area (Å²) in [5.41, 5.74) is 0.494. The quantitative estimate of drug-likeness (QED) is 0.632. The minimum absolute atomic E-state index is 0.0695. The van der Waals surface area contributed by atoms with Gasteiger partial charge >= 0.3 is 6.09 Å². The van der Waals surface area contributed by atoms with Crippen LogP contribution in [0.2, 0.25) is 0 Å². The van der Waals surface area contributed by atoms with Gasteiger partial charge in [0.1, 0.15) is 5.60 Å². The molecule has 0 radical (unpaired) electrons. The topological polar surface area (TPSA) is 75.9 Å². The summed E-state index contributed by atoms with van der Waals surface area (Å²) in [7, 11) is 1.75. The molecule has 1 saturated heterocycles. The molecule has 1 amide bonds. The number of rotatable bonds is 3. The van der Waals surface area contributed by atoms with E-state index in [1.54, 1.807) is 24.1 Å². The Morgan fingerprint density at radius 1 is 1.35 bits per heavy atom. The highest BCUT2D eigenvalue weighted by Crippen LogP contribution is 2.25. The minimum atomic E-state index is -0.512. The van der Waals surface area contributed by atoms with E-state index < -0.39 is 10.5 Å². The number of non-ortho nitro benzene ring substituents is 1. The van der Waals surface area contributed by atoms with Gasteiger partial charge in [-0.1, -0.05) is 0 Å². The molecule has 7 nitrogen and oxygen atoms in total. The lowest BCUT2D eigenvalue weighted by atomic mass is 10.2. The van der Waals surface area contributed by atoms with E-state index in [4.69, 9.17) is 4.74 Å². The molecule has 1 heterocycles. The van der Waals surface area contributed by atoms with E-state index in [0.717, 1.165) is 18.7 Å². The van der Waals surface area contributed by atoms with Gasteiger partial charge in [0, 0.05) is 38.0 Å². The van der Waals surface area contributed by atoms with Crippen LogP contribution >= 0.6 is 0 Å². The second-order valence-electron chi connectivity index (χ2n) is 6.75. The lowest BCUT2D eigenvalue weighted by molar-refractivity contribution is -0.384. The first kappa shape index (κ1) is 17.1. The average molecular weight is 321 g/mol. The highest BCUT2D eigenvalue weighted by molar-refractivity contribution is 5.68. The van der Waals surface area contributed by atoms with Crippen LogP contribution in [0, 0.1) is 10.1 Å². The summed E-state index contributed by atoms with van der Waals surface area (Å²) in [6.45, 7) is 7.02. The van der Waals surface area contributed by atoms with Crippen molar-refractivity contribution in [3.8, 4) is 0 Å². The summed E-state index contributed by atoms with van der Waals surface area (Å²) >= 11 is 0. The number of benzene rings is 1. The Morgan fingerprint density at radius 2 is 1.96 bits per heavy atom. The standard InChI is InChI=1S/C16H23N3O4/c1-16(2,3)23-15(20)17(4)14-9-10-18(11-14)12-5-7-13(8-6-12)19(21)22/h5-8,14H,9-11H2,1-4H3. The fraction of sp³-hybridized carbons (Fsp3) is 0.562. The van der Waals surface area contributed by atoms with Crippen molar-refractivity contribution in [1.82, 2.24) is 4.90 Å². The van der Waals surface area contributed by atoms with Crippen LogP contribution < -0.4 is 4.90 Å². The highest BCUT2D eigenvalue weighted by Gasteiger charge is 2.31. The minimum Gasteiger partial charge on any atom is -0.444 e.